The Kier molecular flexibility index (Phi) is 4.49. The quantitative estimate of drug-likeness (QED) is 0.524. The van der Waals surface area contributed by atoms with Gasteiger partial charge in [0.2, 0.25) is 0 Å². The molecule has 0 radical (unpaired) electrons. The van der Waals surface area contributed by atoms with Crippen molar-refractivity contribution in [2.24, 2.45) is 11.8 Å². The molecule has 1 saturated heterocycles. The summed E-state index contributed by atoms with van der Waals surface area (Å²) in [6.45, 7) is 2.30. The van der Waals surface area contributed by atoms with E-state index in [0.717, 1.165) is 26.1 Å². The molecule has 18 heavy (non-hydrogen) atoms. The molecule has 2 rings (SSSR count). The monoisotopic (exact) mass is 250 g/mol. The van der Waals surface area contributed by atoms with Crippen LogP contribution in [-0.4, -0.2) is 30.6 Å². The van der Waals surface area contributed by atoms with Crippen molar-refractivity contribution in [3.63, 3.8) is 0 Å². The van der Waals surface area contributed by atoms with Crippen molar-refractivity contribution in [2.75, 3.05) is 25.2 Å². The van der Waals surface area contributed by atoms with Crippen molar-refractivity contribution in [3.05, 3.63) is 24.0 Å². The molecule has 1 aromatic heterocycles. The van der Waals surface area contributed by atoms with Gasteiger partial charge < -0.3 is 15.5 Å². The minimum absolute atomic E-state index is 0.135. The minimum atomic E-state index is -0.135. The first kappa shape index (κ1) is 12.8. The number of hydrogen-bond donors (Lipinski definition) is 3. The molecule has 1 aliphatic rings. The summed E-state index contributed by atoms with van der Waals surface area (Å²) in [5.41, 5.74) is 3.50. The van der Waals surface area contributed by atoms with Gasteiger partial charge in [-0.25, -0.2) is 0 Å². The van der Waals surface area contributed by atoms with Crippen LogP contribution >= 0.6 is 0 Å². The average Bonchev–Trinajstić information content (AvgIpc) is 2.91. The molecule has 1 atom stereocenters. The van der Waals surface area contributed by atoms with Crippen molar-refractivity contribution in [3.8, 4) is 0 Å². The van der Waals surface area contributed by atoms with E-state index in [0.29, 0.717) is 23.7 Å². The number of nitrogen functional groups attached to an aromatic ring is 1. The van der Waals surface area contributed by atoms with E-state index >= 15 is 0 Å². The van der Waals surface area contributed by atoms with E-state index in [2.05, 4.69) is 15.7 Å². The van der Waals surface area contributed by atoms with Gasteiger partial charge in [0.1, 0.15) is 0 Å². The molecule has 1 fully saturated rings. The second kappa shape index (κ2) is 6.32. The van der Waals surface area contributed by atoms with E-state index < -0.39 is 0 Å². The number of carbonyl (C=O) groups is 1. The van der Waals surface area contributed by atoms with Crippen LogP contribution in [0.15, 0.2) is 18.5 Å². The third kappa shape index (κ3) is 3.18. The third-order valence-electron chi connectivity index (χ3n) is 3.08. The van der Waals surface area contributed by atoms with Crippen LogP contribution in [0, 0.1) is 5.92 Å². The van der Waals surface area contributed by atoms with E-state index in [-0.39, 0.29) is 5.91 Å². The number of nitrogens with one attached hydrogen (secondary N) is 2. The first-order valence-corrected chi connectivity index (χ1v) is 6.08. The summed E-state index contributed by atoms with van der Waals surface area (Å²) >= 11 is 0. The van der Waals surface area contributed by atoms with Crippen molar-refractivity contribution in [2.45, 2.75) is 12.8 Å². The Morgan fingerprint density at radius 1 is 1.61 bits per heavy atom. The largest absolute Gasteiger partial charge is 0.381 e. The van der Waals surface area contributed by atoms with Crippen LogP contribution in [0.5, 0.6) is 0 Å². The molecule has 1 amide bonds. The molecule has 1 unspecified atom stereocenters. The van der Waals surface area contributed by atoms with E-state index in [1.54, 1.807) is 12.3 Å². The van der Waals surface area contributed by atoms with Crippen LogP contribution in [0.4, 0.5) is 5.69 Å². The zero-order chi connectivity index (χ0) is 12.8. The van der Waals surface area contributed by atoms with Gasteiger partial charge in [-0.05, 0) is 24.8 Å². The Labute approximate surface area is 106 Å². The molecular formula is C12H18N4O2. The topological polar surface area (TPSA) is 89.3 Å². The molecule has 0 aliphatic carbocycles. The summed E-state index contributed by atoms with van der Waals surface area (Å²) in [7, 11) is 0. The van der Waals surface area contributed by atoms with E-state index in [1.165, 1.54) is 6.20 Å². The zero-order valence-corrected chi connectivity index (χ0v) is 10.2. The fraction of sp³-hybridized carbons (Fsp3) is 0.500. The highest BCUT2D eigenvalue weighted by molar-refractivity contribution is 5.99. The molecule has 0 spiro atoms. The Balaban J connectivity index is 1.83. The Morgan fingerprint density at radius 3 is 3.22 bits per heavy atom. The number of aromatic nitrogens is 1. The van der Waals surface area contributed by atoms with Crippen LogP contribution in [0.1, 0.15) is 23.2 Å². The highest BCUT2D eigenvalue weighted by Crippen LogP contribution is 2.16. The lowest BCUT2D eigenvalue weighted by Gasteiger charge is -2.10. The second-order valence-corrected chi connectivity index (χ2v) is 4.34. The van der Waals surface area contributed by atoms with E-state index in [1.807, 2.05) is 0 Å². The molecule has 0 aromatic carbocycles. The zero-order valence-electron chi connectivity index (χ0n) is 10.2. The van der Waals surface area contributed by atoms with Crippen LogP contribution < -0.4 is 16.6 Å². The molecule has 2 heterocycles. The lowest BCUT2D eigenvalue weighted by molar-refractivity contribution is 0.0951. The van der Waals surface area contributed by atoms with E-state index in [9.17, 15) is 4.79 Å². The Hall–Kier alpha value is -1.66. The lowest BCUT2D eigenvalue weighted by atomic mass is 10.1. The second-order valence-electron chi connectivity index (χ2n) is 4.34. The Morgan fingerprint density at radius 2 is 2.50 bits per heavy atom. The number of rotatable bonds is 5. The fourth-order valence-electron chi connectivity index (χ4n) is 2.00. The third-order valence-corrected chi connectivity index (χ3v) is 3.08. The molecule has 6 heteroatoms. The number of hydrogen-bond acceptors (Lipinski definition) is 5. The summed E-state index contributed by atoms with van der Waals surface area (Å²) in [6, 6.07) is 1.64. The molecule has 4 N–H and O–H groups in total. The maximum absolute atomic E-state index is 11.9. The molecule has 98 valence electrons. The number of nitrogens with two attached hydrogens (primary N) is 1. The number of carbonyl (C=O) groups excluding carboxylic acids is 1. The van der Waals surface area contributed by atoms with Crippen molar-refractivity contribution < 1.29 is 9.53 Å². The van der Waals surface area contributed by atoms with Gasteiger partial charge in [0, 0.05) is 26.0 Å². The molecule has 1 aliphatic heterocycles. The molecular weight excluding hydrogens is 232 g/mol. The highest BCUT2D eigenvalue weighted by atomic mass is 16.5. The normalized spacial score (nSPS) is 18.6. The van der Waals surface area contributed by atoms with Gasteiger partial charge in [-0.15, -0.1) is 0 Å². The average molecular weight is 250 g/mol. The van der Waals surface area contributed by atoms with Crippen LogP contribution in [0.3, 0.4) is 0 Å². The van der Waals surface area contributed by atoms with Crippen molar-refractivity contribution >= 4 is 11.6 Å². The summed E-state index contributed by atoms with van der Waals surface area (Å²) in [5.74, 6) is 5.76. The SMILES string of the molecule is NNc1cnccc1C(=O)NCCC1CCOC1. The minimum Gasteiger partial charge on any atom is -0.381 e. The number of ether oxygens (including phenoxy) is 1. The molecule has 0 bridgehead atoms. The standard InChI is InChI=1S/C12H18N4O2/c13-16-11-7-14-4-2-10(11)12(17)15-5-1-9-3-6-18-8-9/h2,4,7,9,16H,1,3,5-6,8,13H2,(H,15,17). The van der Waals surface area contributed by atoms with Crippen LogP contribution in [0.25, 0.3) is 0 Å². The smallest absolute Gasteiger partial charge is 0.253 e. The van der Waals surface area contributed by atoms with Gasteiger partial charge >= 0.3 is 0 Å². The van der Waals surface area contributed by atoms with Gasteiger partial charge in [0.15, 0.2) is 0 Å². The van der Waals surface area contributed by atoms with Gasteiger partial charge in [0.05, 0.1) is 17.4 Å². The first-order valence-electron chi connectivity index (χ1n) is 6.08. The van der Waals surface area contributed by atoms with Gasteiger partial charge in [-0.1, -0.05) is 0 Å². The van der Waals surface area contributed by atoms with Gasteiger partial charge in [0.25, 0.3) is 5.91 Å². The number of amides is 1. The number of nitrogens with zero attached hydrogens (tertiary/aromatic N) is 1. The summed E-state index contributed by atoms with van der Waals surface area (Å²) in [5, 5.41) is 2.88. The summed E-state index contributed by atoms with van der Waals surface area (Å²) in [6.07, 6.45) is 5.13. The fourth-order valence-corrected chi connectivity index (χ4v) is 2.00. The molecule has 0 saturated carbocycles. The predicted molar refractivity (Wildman–Crippen MR) is 67.9 cm³/mol. The first-order chi connectivity index (χ1) is 8.81. The van der Waals surface area contributed by atoms with Crippen LogP contribution in [0.2, 0.25) is 0 Å². The van der Waals surface area contributed by atoms with Crippen molar-refractivity contribution in [1.29, 1.82) is 0 Å². The summed E-state index contributed by atoms with van der Waals surface area (Å²) in [4.78, 5) is 15.8. The van der Waals surface area contributed by atoms with E-state index in [4.69, 9.17) is 10.6 Å². The van der Waals surface area contributed by atoms with Gasteiger partial charge in [-0.3, -0.25) is 15.6 Å². The summed E-state index contributed by atoms with van der Waals surface area (Å²) < 4.78 is 5.29. The maximum Gasteiger partial charge on any atom is 0.253 e. The Bertz CT molecular complexity index is 405. The lowest BCUT2D eigenvalue weighted by Crippen LogP contribution is -2.27. The van der Waals surface area contributed by atoms with Gasteiger partial charge in [-0.2, -0.15) is 0 Å². The predicted octanol–water partition coefficient (Wildman–Crippen LogP) is 0.524. The number of hydrazine groups is 1. The molecule has 1 aromatic rings. The van der Waals surface area contributed by atoms with Crippen LogP contribution in [-0.2, 0) is 4.74 Å². The number of pyridine rings is 1. The number of anilines is 1. The highest BCUT2D eigenvalue weighted by Gasteiger charge is 2.16. The van der Waals surface area contributed by atoms with Crippen molar-refractivity contribution in [1.82, 2.24) is 10.3 Å². The maximum atomic E-state index is 11.9. The molecule has 6 nitrogen and oxygen atoms in total.